The molecular formula is C15H10BrN3O2S. The summed E-state index contributed by atoms with van der Waals surface area (Å²) in [6.07, 6.45) is 3.40. The van der Waals surface area contributed by atoms with Crippen molar-refractivity contribution in [2.75, 3.05) is 5.32 Å². The summed E-state index contributed by atoms with van der Waals surface area (Å²) >= 11 is 4.55. The molecule has 1 amide bonds. The molecule has 110 valence electrons. The summed E-state index contributed by atoms with van der Waals surface area (Å²) in [4.78, 5) is 20.5. The number of hydrogen-bond acceptors (Lipinski definition) is 5. The number of carbonyl (C=O) groups is 1. The largest absolute Gasteiger partial charge is 0.507 e. The molecule has 0 aliphatic carbocycles. The molecule has 0 aliphatic heterocycles. The molecule has 0 aliphatic rings. The van der Waals surface area contributed by atoms with E-state index in [0.29, 0.717) is 9.60 Å². The third-order valence-electron chi connectivity index (χ3n) is 2.89. The number of rotatable bonds is 3. The van der Waals surface area contributed by atoms with Gasteiger partial charge in [0.2, 0.25) is 0 Å². The summed E-state index contributed by atoms with van der Waals surface area (Å²) in [6, 6.07) is 8.43. The number of halogens is 1. The molecule has 0 spiro atoms. The van der Waals surface area contributed by atoms with Gasteiger partial charge in [0.05, 0.1) is 11.3 Å². The quantitative estimate of drug-likeness (QED) is 0.727. The van der Waals surface area contributed by atoms with Crippen molar-refractivity contribution < 1.29 is 9.90 Å². The molecule has 0 saturated heterocycles. The van der Waals surface area contributed by atoms with Gasteiger partial charge in [-0.2, -0.15) is 0 Å². The fourth-order valence-electron chi connectivity index (χ4n) is 1.84. The van der Waals surface area contributed by atoms with Crippen LogP contribution in [0.5, 0.6) is 5.75 Å². The van der Waals surface area contributed by atoms with Crippen LogP contribution in [0.15, 0.2) is 52.6 Å². The Hall–Kier alpha value is -2.25. The molecule has 2 heterocycles. The standard InChI is InChI=1S/C15H10BrN3O2S/c16-10-3-4-11(13(20)6-10)14(21)19-15-18-12(8-22-15)9-2-1-5-17-7-9/h1-8,20H,(H,18,19,21). The lowest BCUT2D eigenvalue weighted by atomic mass is 10.2. The van der Waals surface area contributed by atoms with Gasteiger partial charge in [-0.25, -0.2) is 4.98 Å². The highest BCUT2D eigenvalue weighted by Crippen LogP contribution is 2.26. The Kier molecular flexibility index (Phi) is 4.17. The topological polar surface area (TPSA) is 75.1 Å². The number of anilines is 1. The maximum Gasteiger partial charge on any atom is 0.261 e. The van der Waals surface area contributed by atoms with Gasteiger partial charge in [0.1, 0.15) is 5.75 Å². The number of pyridine rings is 1. The first-order valence-corrected chi connectivity index (χ1v) is 7.96. The number of nitrogens with zero attached hydrogens (tertiary/aromatic N) is 2. The van der Waals surface area contributed by atoms with Gasteiger partial charge in [-0.05, 0) is 30.3 Å². The van der Waals surface area contributed by atoms with Crippen molar-refractivity contribution >= 4 is 38.3 Å². The maximum atomic E-state index is 12.2. The van der Waals surface area contributed by atoms with E-state index in [9.17, 15) is 9.90 Å². The minimum absolute atomic E-state index is 0.0871. The van der Waals surface area contributed by atoms with E-state index in [1.807, 2.05) is 17.5 Å². The molecule has 22 heavy (non-hydrogen) atoms. The van der Waals surface area contributed by atoms with Crippen LogP contribution < -0.4 is 5.32 Å². The minimum Gasteiger partial charge on any atom is -0.507 e. The molecule has 0 bridgehead atoms. The van der Waals surface area contributed by atoms with Crippen LogP contribution in [0, 0.1) is 0 Å². The highest BCUT2D eigenvalue weighted by molar-refractivity contribution is 9.10. The fraction of sp³-hybridized carbons (Fsp3) is 0. The lowest BCUT2D eigenvalue weighted by Gasteiger charge is -2.04. The highest BCUT2D eigenvalue weighted by Gasteiger charge is 2.13. The van der Waals surface area contributed by atoms with Gasteiger partial charge in [0, 0.05) is 27.8 Å². The van der Waals surface area contributed by atoms with Gasteiger partial charge in [-0.3, -0.25) is 15.1 Å². The van der Waals surface area contributed by atoms with E-state index < -0.39 is 5.91 Å². The Morgan fingerprint density at radius 1 is 1.32 bits per heavy atom. The Morgan fingerprint density at radius 3 is 2.91 bits per heavy atom. The fourth-order valence-corrected chi connectivity index (χ4v) is 2.90. The molecule has 0 radical (unpaired) electrons. The molecular weight excluding hydrogens is 366 g/mol. The van der Waals surface area contributed by atoms with Gasteiger partial charge in [-0.15, -0.1) is 11.3 Å². The second-order valence-corrected chi connectivity index (χ2v) is 6.17. The van der Waals surface area contributed by atoms with E-state index in [2.05, 4.69) is 31.2 Å². The summed E-state index contributed by atoms with van der Waals surface area (Å²) in [5.74, 6) is -0.493. The van der Waals surface area contributed by atoms with Crippen molar-refractivity contribution in [3.05, 3.63) is 58.1 Å². The number of benzene rings is 1. The van der Waals surface area contributed by atoms with E-state index in [1.165, 1.54) is 17.4 Å². The monoisotopic (exact) mass is 375 g/mol. The molecule has 0 atom stereocenters. The number of thiazole rings is 1. The van der Waals surface area contributed by atoms with Crippen LogP contribution in [-0.2, 0) is 0 Å². The van der Waals surface area contributed by atoms with Crippen LogP contribution in [0.25, 0.3) is 11.3 Å². The van der Waals surface area contributed by atoms with Crippen LogP contribution in [0.2, 0.25) is 0 Å². The number of phenolic OH excluding ortho intramolecular Hbond substituents is 1. The summed E-state index contributed by atoms with van der Waals surface area (Å²) in [6.45, 7) is 0. The number of phenols is 1. The molecule has 3 aromatic rings. The molecule has 0 fully saturated rings. The zero-order valence-corrected chi connectivity index (χ0v) is 13.6. The van der Waals surface area contributed by atoms with Gasteiger partial charge in [0.25, 0.3) is 5.91 Å². The first kappa shape index (κ1) is 14.7. The van der Waals surface area contributed by atoms with Gasteiger partial charge in [-0.1, -0.05) is 15.9 Å². The van der Waals surface area contributed by atoms with Crippen molar-refractivity contribution in [2.45, 2.75) is 0 Å². The van der Waals surface area contributed by atoms with Crippen LogP contribution in [0.3, 0.4) is 0 Å². The number of carbonyl (C=O) groups excluding carboxylic acids is 1. The van der Waals surface area contributed by atoms with Crippen molar-refractivity contribution in [3.63, 3.8) is 0 Å². The Bertz CT molecular complexity index is 821. The molecule has 7 heteroatoms. The molecule has 1 aromatic carbocycles. The second-order valence-electron chi connectivity index (χ2n) is 4.40. The van der Waals surface area contributed by atoms with Crippen molar-refractivity contribution in [2.24, 2.45) is 0 Å². The number of nitrogens with one attached hydrogen (secondary N) is 1. The summed E-state index contributed by atoms with van der Waals surface area (Å²) in [5, 5.41) is 14.8. The number of aromatic hydroxyl groups is 1. The summed E-state index contributed by atoms with van der Waals surface area (Å²) in [7, 11) is 0. The third kappa shape index (κ3) is 3.15. The van der Waals surface area contributed by atoms with Crippen LogP contribution >= 0.6 is 27.3 Å². The Labute approximate surface area is 138 Å². The van der Waals surface area contributed by atoms with Gasteiger partial charge in [0.15, 0.2) is 5.13 Å². The zero-order chi connectivity index (χ0) is 15.5. The summed E-state index contributed by atoms with van der Waals surface area (Å²) < 4.78 is 0.703. The molecule has 5 nitrogen and oxygen atoms in total. The molecule has 2 aromatic heterocycles. The number of amides is 1. The van der Waals surface area contributed by atoms with Gasteiger partial charge >= 0.3 is 0 Å². The van der Waals surface area contributed by atoms with Crippen LogP contribution in [-0.4, -0.2) is 21.0 Å². The van der Waals surface area contributed by atoms with Gasteiger partial charge < -0.3 is 5.11 Å². The average Bonchev–Trinajstić information content (AvgIpc) is 2.96. The average molecular weight is 376 g/mol. The van der Waals surface area contributed by atoms with E-state index in [4.69, 9.17) is 0 Å². The van der Waals surface area contributed by atoms with Crippen LogP contribution in [0.4, 0.5) is 5.13 Å². The molecule has 0 saturated carbocycles. The predicted molar refractivity (Wildman–Crippen MR) is 89.1 cm³/mol. The lowest BCUT2D eigenvalue weighted by molar-refractivity contribution is 0.102. The van der Waals surface area contributed by atoms with E-state index in [0.717, 1.165) is 11.3 Å². The zero-order valence-electron chi connectivity index (χ0n) is 11.2. The maximum absolute atomic E-state index is 12.2. The summed E-state index contributed by atoms with van der Waals surface area (Å²) in [5.41, 5.74) is 1.82. The normalized spacial score (nSPS) is 10.4. The third-order valence-corrected chi connectivity index (χ3v) is 4.14. The first-order valence-electron chi connectivity index (χ1n) is 6.29. The second kappa shape index (κ2) is 6.25. The lowest BCUT2D eigenvalue weighted by Crippen LogP contribution is -2.11. The molecule has 3 rings (SSSR count). The predicted octanol–water partition coefficient (Wildman–Crippen LogP) is 3.93. The van der Waals surface area contributed by atoms with E-state index in [-0.39, 0.29) is 11.3 Å². The van der Waals surface area contributed by atoms with E-state index >= 15 is 0 Å². The first-order chi connectivity index (χ1) is 10.6. The highest BCUT2D eigenvalue weighted by atomic mass is 79.9. The van der Waals surface area contributed by atoms with Crippen LogP contribution in [0.1, 0.15) is 10.4 Å². The Morgan fingerprint density at radius 2 is 2.18 bits per heavy atom. The van der Waals surface area contributed by atoms with Crippen molar-refractivity contribution in [1.29, 1.82) is 0 Å². The smallest absolute Gasteiger partial charge is 0.261 e. The van der Waals surface area contributed by atoms with E-state index in [1.54, 1.807) is 24.5 Å². The number of hydrogen-bond donors (Lipinski definition) is 2. The Balaban J connectivity index is 1.79. The minimum atomic E-state index is -0.405. The number of aromatic nitrogens is 2. The molecule has 2 N–H and O–H groups in total. The SMILES string of the molecule is O=C(Nc1nc(-c2cccnc2)cs1)c1ccc(Br)cc1O. The van der Waals surface area contributed by atoms with Crippen molar-refractivity contribution in [1.82, 2.24) is 9.97 Å². The van der Waals surface area contributed by atoms with Crippen molar-refractivity contribution in [3.8, 4) is 17.0 Å². The molecule has 0 unspecified atom stereocenters.